The normalized spacial score (nSPS) is 10.9. The summed E-state index contributed by atoms with van der Waals surface area (Å²) in [4.78, 5) is 36.5. The largest absolute Gasteiger partial charge is 0.478 e. The highest BCUT2D eigenvalue weighted by Crippen LogP contribution is 2.25. The zero-order chi connectivity index (χ0) is 16.0. The second kappa shape index (κ2) is 12.0. The SMILES string of the molecule is C=CC(=O)O.CC(CCCCN=C=O)C(C)(C)N=C=O. The molecular formula is C14H22N2O4. The molecule has 0 bridgehead atoms. The van der Waals surface area contributed by atoms with Gasteiger partial charge in [-0.2, -0.15) is 4.99 Å². The van der Waals surface area contributed by atoms with Gasteiger partial charge >= 0.3 is 5.97 Å². The molecule has 0 saturated heterocycles. The summed E-state index contributed by atoms with van der Waals surface area (Å²) in [5.41, 5.74) is -0.352. The summed E-state index contributed by atoms with van der Waals surface area (Å²) >= 11 is 0. The van der Waals surface area contributed by atoms with E-state index in [4.69, 9.17) is 5.11 Å². The van der Waals surface area contributed by atoms with Crippen LogP contribution in [0.25, 0.3) is 0 Å². The summed E-state index contributed by atoms with van der Waals surface area (Å²) in [6.45, 7) is 9.40. The van der Waals surface area contributed by atoms with Crippen molar-refractivity contribution in [2.75, 3.05) is 6.54 Å². The molecule has 0 fully saturated rings. The van der Waals surface area contributed by atoms with Gasteiger partial charge in [0.2, 0.25) is 12.2 Å². The third-order valence-electron chi connectivity index (χ3n) is 2.94. The molecule has 0 aromatic heterocycles. The quantitative estimate of drug-likeness (QED) is 0.320. The number of aliphatic carboxylic acids is 1. The highest BCUT2D eigenvalue weighted by molar-refractivity contribution is 5.78. The molecule has 1 unspecified atom stereocenters. The summed E-state index contributed by atoms with van der Waals surface area (Å²) in [7, 11) is 0. The number of carboxylic acids is 1. The Morgan fingerprint density at radius 2 is 1.90 bits per heavy atom. The average Bonchev–Trinajstić information content (AvgIpc) is 2.38. The van der Waals surface area contributed by atoms with Crippen LogP contribution < -0.4 is 0 Å². The smallest absolute Gasteiger partial charge is 0.327 e. The van der Waals surface area contributed by atoms with Crippen molar-refractivity contribution in [3.63, 3.8) is 0 Å². The Balaban J connectivity index is 0. The van der Waals surface area contributed by atoms with Crippen molar-refractivity contribution in [2.45, 2.75) is 45.6 Å². The molecule has 0 aliphatic rings. The van der Waals surface area contributed by atoms with E-state index in [0.717, 1.165) is 25.3 Å². The lowest BCUT2D eigenvalue weighted by atomic mass is 9.86. The minimum absolute atomic E-state index is 0.319. The molecule has 0 saturated carbocycles. The van der Waals surface area contributed by atoms with Crippen LogP contribution in [0.15, 0.2) is 22.6 Å². The number of nitrogens with zero attached hydrogens (tertiary/aromatic N) is 2. The van der Waals surface area contributed by atoms with Crippen LogP contribution in [0.4, 0.5) is 0 Å². The van der Waals surface area contributed by atoms with Crippen molar-refractivity contribution >= 4 is 18.1 Å². The first kappa shape index (κ1) is 20.3. The predicted molar refractivity (Wildman–Crippen MR) is 76.0 cm³/mol. The molecule has 0 aromatic carbocycles. The lowest BCUT2D eigenvalue weighted by Gasteiger charge is -2.25. The highest BCUT2D eigenvalue weighted by atomic mass is 16.4. The van der Waals surface area contributed by atoms with E-state index in [1.54, 1.807) is 6.08 Å². The van der Waals surface area contributed by atoms with Gasteiger partial charge in [-0.3, -0.25) is 0 Å². The third kappa shape index (κ3) is 12.4. The Labute approximate surface area is 119 Å². The van der Waals surface area contributed by atoms with Crippen molar-refractivity contribution in [1.29, 1.82) is 0 Å². The molecule has 1 atom stereocenters. The van der Waals surface area contributed by atoms with E-state index in [-0.39, 0.29) is 5.54 Å². The summed E-state index contributed by atoms with van der Waals surface area (Å²) in [5.74, 6) is -0.663. The van der Waals surface area contributed by atoms with E-state index >= 15 is 0 Å². The molecule has 0 radical (unpaired) electrons. The summed E-state index contributed by atoms with van der Waals surface area (Å²) in [6.07, 6.45) is 6.77. The van der Waals surface area contributed by atoms with Crippen LogP contribution in [0.2, 0.25) is 0 Å². The van der Waals surface area contributed by atoms with Crippen LogP contribution in [-0.4, -0.2) is 35.3 Å². The van der Waals surface area contributed by atoms with Crippen molar-refractivity contribution in [2.24, 2.45) is 15.9 Å². The van der Waals surface area contributed by atoms with Crippen molar-refractivity contribution < 1.29 is 19.5 Å². The Morgan fingerprint density at radius 1 is 1.35 bits per heavy atom. The number of carbonyl (C=O) groups excluding carboxylic acids is 2. The van der Waals surface area contributed by atoms with E-state index in [1.165, 1.54) is 6.08 Å². The number of rotatable bonds is 8. The molecule has 6 heteroatoms. The fourth-order valence-electron chi connectivity index (χ4n) is 1.27. The highest BCUT2D eigenvalue weighted by Gasteiger charge is 2.24. The maximum absolute atomic E-state index is 10.2. The van der Waals surface area contributed by atoms with E-state index < -0.39 is 5.97 Å². The van der Waals surface area contributed by atoms with Crippen molar-refractivity contribution in [1.82, 2.24) is 0 Å². The van der Waals surface area contributed by atoms with Gasteiger partial charge in [-0.25, -0.2) is 19.4 Å². The molecule has 0 aliphatic carbocycles. The molecule has 0 heterocycles. The molecule has 6 nitrogen and oxygen atoms in total. The second-order valence-electron chi connectivity index (χ2n) is 4.77. The van der Waals surface area contributed by atoms with E-state index in [1.807, 2.05) is 13.8 Å². The summed E-state index contributed by atoms with van der Waals surface area (Å²) in [5, 5.41) is 7.60. The van der Waals surface area contributed by atoms with Gasteiger partial charge in [0, 0.05) is 6.08 Å². The first-order chi connectivity index (χ1) is 9.31. The monoisotopic (exact) mass is 282 g/mol. The molecule has 0 aliphatic heterocycles. The number of hydrogen-bond donors (Lipinski definition) is 1. The van der Waals surface area contributed by atoms with Gasteiger partial charge in [0.15, 0.2) is 0 Å². The molecule has 0 amide bonds. The Bertz CT molecular complexity index is 392. The first-order valence-electron chi connectivity index (χ1n) is 6.29. The lowest BCUT2D eigenvalue weighted by molar-refractivity contribution is -0.131. The summed E-state index contributed by atoms with van der Waals surface area (Å²) < 4.78 is 0. The number of aliphatic imine (C=N–C) groups is 2. The van der Waals surface area contributed by atoms with Gasteiger partial charge < -0.3 is 5.11 Å². The minimum atomic E-state index is -0.981. The number of isocyanates is 2. The van der Waals surface area contributed by atoms with Crippen molar-refractivity contribution in [3.8, 4) is 0 Å². The van der Waals surface area contributed by atoms with Gasteiger partial charge in [0.25, 0.3) is 0 Å². The predicted octanol–water partition coefficient (Wildman–Crippen LogP) is 2.50. The van der Waals surface area contributed by atoms with Gasteiger partial charge in [-0.15, -0.1) is 0 Å². The van der Waals surface area contributed by atoms with Gasteiger partial charge in [0.05, 0.1) is 12.1 Å². The Morgan fingerprint density at radius 3 is 2.30 bits per heavy atom. The van der Waals surface area contributed by atoms with Crippen LogP contribution in [0.1, 0.15) is 40.0 Å². The van der Waals surface area contributed by atoms with E-state index in [2.05, 4.69) is 23.5 Å². The van der Waals surface area contributed by atoms with Crippen LogP contribution >= 0.6 is 0 Å². The van der Waals surface area contributed by atoms with Gasteiger partial charge in [-0.05, 0) is 32.6 Å². The average molecular weight is 282 g/mol. The maximum Gasteiger partial charge on any atom is 0.327 e. The third-order valence-corrected chi connectivity index (χ3v) is 2.94. The molecule has 1 N–H and O–H groups in total. The maximum atomic E-state index is 10.2. The molecule has 112 valence electrons. The molecule has 20 heavy (non-hydrogen) atoms. The Kier molecular flexibility index (Phi) is 12.2. The van der Waals surface area contributed by atoms with Gasteiger partial charge in [-0.1, -0.05) is 19.9 Å². The van der Waals surface area contributed by atoms with Crippen LogP contribution in [0.3, 0.4) is 0 Å². The van der Waals surface area contributed by atoms with Gasteiger partial charge in [0.1, 0.15) is 0 Å². The van der Waals surface area contributed by atoms with E-state index in [0.29, 0.717) is 12.5 Å². The topological polar surface area (TPSA) is 96.2 Å². The standard InChI is InChI=1S/C11H18N2O2.C3H4O2/c1-10(11(2,3)13-9-15)6-4-5-7-12-8-14;1-2-3(4)5/h10H,4-7H2,1-3H3;2H,1H2,(H,4,5). The zero-order valence-electron chi connectivity index (χ0n) is 12.3. The fourth-order valence-corrected chi connectivity index (χ4v) is 1.27. The first-order valence-corrected chi connectivity index (χ1v) is 6.29. The summed E-state index contributed by atoms with van der Waals surface area (Å²) in [6, 6.07) is 0. The van der Waals surface area contributed by atoms with Crippen molar-refractivity contribution in [3.05, 3.63) is 12.7 Å². The lowest BCUT2D eigenvalue weighted by Crippen LogP contribution is -2.26. The molecule has 0 aromatic rings. The second-order valence-corrected chi connectivity index (χ2v) is 4.77. The Hall–Kier alpha value is -2.03. The number of carbonyl (C=O) groups is 1. The number of unbranched alkanes of at least 4 members (excludes halogenated alkanes) is 1. The zero-order valence-corrected chi connectivity index (χ0v) is 12.3. The number of hydrogen-bond acceptors (Lipinski definition) is 5. The van der Waals surface area contributed by atoms with Crippen LogP contribution in [0.5, 0.6) is 0 Å². The van der Waals surface area contributed by atoms with E-state index in [9.17, 15) is 14.4 Å². The molecule has 0 rings (SSSR count). The molecule has 0 spiro atoms. The van der Waals surface area contributed by atoms with Crippen LogP contribution in [0, 0.1) is 5.92 Å². The minimum Gasteiger partial charge on any atom is -0.478 e. The molecular weight excluding hydrogens is 260 g/mol. The fraction of sp³-hybridized carbons (Fsp3) is 0.643. The number of carboxylic acid groups (broad SMARTS) is 1. The van der Waals surface area contributed by atoms with Crippen LogP contribution in [-0.2, 0) is 14.4 Å².